The number of oxime groups is 1. The van der Waals surface area contributed by atoms with Crippen LogP contribution in [0.2, 0.25) is 0 Å². The zero-order valence-corrected chi connectivity index (χ0v) is 21.1. The summed E-state index contributed by atoms with van der Waals surface area (Å²) >= 11 is 0. The van der Waals surface area contributed by atoms with Gasteiger partial charge in [0.1, 0.15) is 5.75 Å². The first-order chi connectivity index (χ1) is 16.7. The molecule has 15 heteroatoms. The first-order valence-electron chi connectivity index (χ1n) is 10.9. The highest BCUT2D eigenvalue weighted by atomic mass is 32.2. The molecule has 1 aliphatic carbocycles. The molecule has 2 aliphatic rings. The van der Waals surface area contributed by atoms with Gasteiger partial charge < -0.3 is 14.5 Å². The fraction of sp³-hybridized carbons (Fsp3) is 0.591. The maximum atomic E-state index is 13.3. The smallest absolute Gasteiger partial charge is 0.430 e. The van der Waals surface area contributed by atoms with E-state index in [1.165, 1.54) is 4.90 Å². The van der Waals surface area contributed by atoms with E-state index in [2.05, 4.69) is 16.9 Å². The SMILES string of the molecule is C=NC(=NOC(C)(C)C(F)(F)F)C12CC1CN(C(=O)c1cc(S(C)(=O)=O)ccc1OC(C)C(F)(F)F)C2. The monoisotopic (exact) mass is 557 g/mol. The molecule has 3 rings (SSSR count). The zero-order valence-electron chi connectivity index (χ0n) is 20.3. The Balaban J connectivity index is 1.90. The summed E-state index contributed by atoms with van der Waals surface area (Å²) in [7, 11) is -3.82. The third-order valence-electron chi connectivity index (χ3n) is 6.45. The summed E-state index contributed by atoms with van der Waals surface area (Å²) in [6.45, 7) is 5.61. The van der Waals surface area contributed by atoms with E-state index >= 15 is 0 Å². The van der Waals surface area contributed by atoms with Gasteiger partial charge in [-0.1, -0.05) is 5.16 Å². The van der Waals surface area contributed by atoms with E-state index in [0.717, 1.165) is 45.2 Å². The molecule has 206 valence electrons. The average Bonchev–Trinajstić information content (AvgIpc) is 3.31. The summed E-state index contributed by atoms with van der Waals surface area (Å²) in [4.78, 5) is 22.7. The number of piperidine rings is 1. The van der Waals surface area contributed by atoms with Crippen molar-refractivity contribution in [2.24, 2.45) is 21.5 Å². The van der Waals surface area contributed by atoms with E-state index in [-0.39, 0.29) is 29.7 Å². The number of rotatable bonds is 7. The van der Waals surface area contributed by atoms with Crippen molar-refractivity contribution >= 4 is 28.3 Å². The number of benzene rings is 1. The second kappa shape index (κ2) is 9.17. The molecule has 1 aromatic rings. The number of carbonyl (C=O) groups excluding carboxylic acids is 1. The van der Waals surface area contributed by atoms with Gasteiger partial charge in [0.2, 0.25) is 5.60 Å². The number of ether oxygens (including phenoxy) is 1. The van der Waals surface area contributed by atoms with Gasteiger partial charge >= 0.3 is 12.4 Å². The summed E-state index contributed by atoms with van der Waals surface area (Å²) < 4.78 is 108. The molecule has 0 spiro atoms. The van der Waals surface area contributed by atoms with Gasteiger partial charge in [-0.2, -0.15) is 26.3 Å². The van der Waals surface area contributed by atoms with Crippen molar-refractivity contribution in [3.8, 4) is 5.75 Å². The van der Waals surface area contributed by atoms with Gasteiger partial charge in [-0.3, -0.25) is 4.79 Å². The van der Waals surface area contributed by atoms with Crippen molar-refractivity contribution < 1.29 is 49.1 Å². The molecule has 1 aliphatic heterocycles. The minimum atomic E-state index is -4.75. The van der Waals surface area contributed by atoms with Gasteiger partial charge in [0, 0.05) is 19.3 Å². The Morgan fingerprint density at radius 2 is 1.84 bits per heavy atom. The fourth-order valence-electron chi connectivity index (χ4n) is 3.91. The van der Waals surface area contributed by atoms with Crippen LogP contribution >= 0.6 is 0 Å². The van der Waals surface area contributed by atoms with Crippen LogP contribution in [0.5, 0.6) is 5.75 Å². The molecule has 3 atom stereocenters. The number of sulfone groups is 1. The minimum absolute atomic E-state index is 0.0768. The maximum Gasteiger partial charge on any atom is 0.430 e. The molecule has 1 heterocycles. The van der Waals surface area contributed by atoms with Crippen LogP contribution < -0.4 is 4.74 Å². The van der Waals surface area contributed by atoms with Crippen molar-refractivity contribution in [3.63, 3.8) is 0 Å². The zero-order chi connectivity index (χ0) is 28.2. The highest BCUT2D eigenvalue weighted by Gasteiger charge is 2.65. The molecule has 1 aromatic carbocycles. The minimum Gasteiger partial charge on any atom is -0.480 e. The molecule has 8 nitrogen and oxygen atoms in total. The first kappa shape index (κ1) is 28.7. The van der Waals surface area contributed by atoms with Gasteiger partial charge in [-0.15, -0.1) is 0 Å². The predicted octanol–water partition coefficient (Wildman–Crippen LogP) is 4.25. The molecule has 1 saturated heterocycles. The topological polar surface area (TPSA) is 97.6 Å². The van der Waals surface area contributed by atoms with E-state index in [1.54, 1.807) is 0 Å². The summed E-state index contributed by atoms with van der Waals surface area (Å²) in [6, 6.07) is 2.94. The van der Waals surface area contributed by atoms with Crippen LogP contribution in [0, 0.1) is 11.3 Å². The van der Waals surface area contributed by atoms with Gasteiger partial charge in [0.15, 0.2) is 21.8 Å². The second-order valence-electron chi connectivity index (χ2n) is 9.65. The second-order valence-corrected chi connectivity index (χ2v) is 11.7. The van der Waals surface area contributed by atoms with E-state index in [9.17, 15) is 39.6 Å². The lowest BCUT2D eigenvalue weighted by Crippen LogP contribution is -2.41. The number of hydrogen-bond acceptors (Lipinski definition) is 6. The molecule has 2 fully saturated rings. The number of aliphatic imine (C=N–C) groups is 1. The number of amides is 1. The van der Waals surface area contributed by atoms with Gasteiger partial charge in [0.05, 0.1) is 15.9 Å². The average molecular weight is 558 g/mol. The third-order valence-corrected chi connectivity index (χ3v) is 7.56. The van der Waals surface area contributed by atoms with Gasteiger partial charge in [0.25, 0.3) is 5.91 Å². The predicted molar refractivity (Wildman–Crippen MR) is 120 cm³/mol. The van der Waals surface area contributed by atoms with E-state index in [4.69, 9.17) is 9.57 Å². The standard InChI is InChI=1S/C22H25F6N3O5S/c1-12(21(23,24)25)35-16-7-6-14(37(5,33)34)8-15(16)17(32)31-10-13-9-20(13,11-31)18(29-4)30-36-19(2,3)22(26,27)28/h6-8,12-13H,4,9-11H2,1-3,5H3. The lowest BCUT2D eigenvalue weighted by molar-refractivity contribution is -0.264. The normalized spacial score (nSPS) is 23.4. The molecule has 37 heavy (non-hydrogen) atoms. The molecular formula is C22H25F6N3O5S. The van der Waals surface area contributed by atoms with Crippen LogP contribution in [0.3, 0.4) is 0 Å². The lowest BCUT2D eigenvalue weighted by atomic mass is 10.1. The molecule has 0 N–H and O–H groups in total. The fourth-order valence-corrected chi connectivity index (χ4v) is 4.55. The van der Waals surface area contributed by atoms with Gasteiger partial charge in [-0.05, 0) is 58.0 Å². The van der Waals surface area contributed by atoms with E-state index < -0.39 is 56.5 Å². The Bertz CT molecular complexity index is 1230. The van der Waals surface area contributed by atoms with Crippen molar-refractivity contribution in [1.82, 2.24) is 4.90 Å². The Morgan fingerprint density at radius 1 is 1.22 bits per heavy atom. The molecule has 0 radical (unpaired) electrons. The van der Waals surface area contributed by atoms with Crippen LogP contribution in [0.1, 0.15) is 37.6 Å². The highest BCUT2D eigenvalue weighted by molar-refractivity contribution is 7.90. The molecule has 0 aromatic heterocycles. The summed E-state index contributed by atoms with van der Waals surface area (Å²) in [5.74, 6) is -1.70. The maximum absolute atomic E-state index is 13.3. The largest absolute Gasteiger partial charge is 0.480 e. The highest BCUT2D eigenvalue weighted by Crippen LogP contribution is 2.59. The number of fused-ring (bicyclic) bond motifs is 1. The first-order valence-corrected chi connectivity index (χ1v) is 12.8. The summed E-state index contributed by atoms with van der Waals surface area (Å²) in [5.41, 5.74) is -3.98. The number of carbonyl (C=O) groups is 1. The van der Waals surface area contributed by atoms with Crippen molar-refractivity contribution in [2.75, 3.05) is 19.3 Å². The Labute approximate surface area is 209 Å². The van der Waals surface area contributed by atoms with E-state index in [0.29, 0.717) is 6.42 Å². The third kappa shape index (κ3) is 5.70. The molecule has 3 unspecified atom stereocenters. The summed E-state index contributed by atoms with van der Waals surface area (Å²) in [6.07, 6.45) is -10.5. The number of hydrogen-bond donors (Lipinski definition) is 0. The van der Waals surface area contributed by atoms with Crippen molar-refractivity contribution in [2.45, 2.75) is 56.1 Å². The van der Waals surface area contributed by atoms with Crippen molar-refractivity contribution in [3.05, 3.63) is 23.8 Å². The van der Waals surface area contributed by atoms with Crippen LogP contribution in [-0.2, 0) is 14.7 Å². The Hall–Kier alpha value is -2.84. The van der Waals surface area contributed by atoms with E-state index in [1.807, 2.05) is 0 Å². The molecule has 1 amide bonds. The summed E-state index contributed by atoms with van der Waals surface area (Å²) in [5, 5.41) is 3.57. The van der Waals surface area contributed by atoms with Crippen LogP contribution in [0.4, 0.5) is 26.3 Å². The van der Waals surface area contributed by atoms with Crippen molar-refractivity contribution in [1.29, 1.82) is 0 Å². The Morgan fingerprint density at radius 3 is 2.35 bits per heavy atom. The van der Waals surface area contributed by atoms with Crippen LogP contribution in [0.15, 0.2) is 33.2 Å². The number of alkyl halides is 6. The Kier molecular flexibility index (Phi) is 7.12. The van der Waals surface area contributed by atoms with Crippen LogP contribution in [-0.4, -0.2) is 75.2 Å². The number of halogens is 6. The van der Waals surface area contributed by atoms with Gasteiger partial charge in [-0.25, -0.2) is 13.4 Å². The lowest BCUT2D eigenvalue weighted by Gasteiger charge is -2.26. The number of amidine groups is 1. The molecular weight excluding hydrogens is 532 g/mol. The molecule has 1 saturated carbocycles. The molecule has 0 bridgehead atoms. The van der Waals surface area contributed by atoms with Crippen LogP contribution in [0.25, 0.3) is 0 Å². The number of nitrogens with zero attached hydrogens (tertiary/aromatic N) is 3. The number of likely N-dealkylation sites (tertiary alicyclic amines) is 1. The quantitative estimate of drug-likeness (QED) is 0.216.